The van der Waals surface area contributed by atoms with Crippen LogP contribution in [0.4, 0.5) is 5.82 Å². The molecule has 2 aliphatic rings. The van der Waals surface area contributed by atoms with Gasteiger partial charge in [-0.2, -0.15) is 4.37 Å². The second-order valence-corrected chi connectivity index (χ2v) is 6.48. The van der Waals surface area contributed by atoms with Crippen LogP contribution in [-0.2, 0) is 0 Å². The normalized spacial score (nSPS) is 24.6. The van der Waals surface area contributed by atoms with Gasteiger partial charge in [0.05, 0.1) is 4.70 Å². The number of nitrogens with one attached hydrogen (secondary N) is 1. The third-order valence-corrected chi connectivity index (χ3v) is 5.34. The second kappa shape index (κ2) is 5.31. The van der Waals surface area contributed by atoms with E-state index in [0.717, 1.165) is 32.2 Å². The zero-order valence-electron chi connectivity index (χ0n) is 11.6. The zero-order chi connectivity index (χ0) is 13.4. The lowest BCUT2D eigenvalue weighted by Gasteiger charge is -2.38. The van der Waals surface area contributed by atoms with Crippen molar-refractivity contribution in [3.63, 3.8) is 0 Å². The fourth-order valence-corrected chi connectivity index (χ4v) is 4.15. The minimum atomic E-state index is 0.754. The lowest BCUT2D eigenvalue weighted by molar-refractivity contribution is 0.196. The highest BCUT2D eigenvalue weighted by Gasteiger charge is 2.27. The maximum absolute atomic E-state index is 4.68. The van der Waals surface area contributed by atoms with Crippen LogP contribution >= 0.6 is 11.5 Å². The van der Waals surface area contributed by atoms with Gasteiger partial charge in [0.15, 0.2) is 0 Å². The summed E-state index contributed by atoms with van der Waals surface area (Å²) in [5, 5.41) is 4.78. The highest BCUT2D eigenvalue weighted by Crippen LogP contribution is 2.30. The number of nitrogens with zero attached hydrogens (tertiary/aromatic N) is 3. The number of piperazine rings is 1. The minimum absolute atomic E-state index is 0.754. The van der Waals surface area contributed by atoms with Crippen molar-refractivity contribution in [2.45, 2.75) is 12.5 Å². The summed E-state index contributed by atoms with van der Waals surface area (Å²) in [7, 11) is 0. The number of hydrogen-bond donors (Lipinski definition) is 1. The average molecular weight is 288 g/mol. The van der Waals surface area contributed by atoms with Crippen LogP contribution in [-0.4, -0.2) is 54.6 Å². The summed E-state index contributed by atoms with van der Waals surface area (Å²) in [6.07, 6.45) is 1.31. The summed E-state index contributed by atoms with van der Waals surface area (Å²) in [6, 6.07) is 9.32. The first-order valence-electron chi connectivity index (χ1n) is 7.46. The molecule has 0 saturated carbocycles. The van der Waals surface area contributed by atoms with E-state index in [1.807, 2.05) is 0 Å². The van der Waals surface area contributed by atoms with Gasteiger partial charge < -0.3 is 10.2 Å². The van der Waals surface area contributed by atoms with Gasteiger partial charge in [-0.3, -0.25) is 4.90 Å². The molecule has 106 valence electrons. The van der Waals surface area contributed by atoms with Crippen LogP contribution in [0.25, 0.3) is 10.1 Å². The van der Waals surface area contributed by atoms with E-state index in [-0.39, 0.29) is 0 Å². The van der Waals surface area contributed by atoms with Crippen LogP contribution in [0.5, 0.6) is 0 Å². The summed E-state index contributed by atoms with van der Waals surface area (Å²) < 4.78 is 5.97. The Labute approximate surface area is 123 Å². The first-order valence-corrected chi connectivity index (χ1v) is 8.23. The molecule has 1 N–H and O–H groups in total. The molecule has 1 aromatic carbocycles. The van der Waals surface area contributed by atoms with Crippen LogP contribution in [0.2, 0.25) is 0 Å². The fourth-order valence-electron chi connectivity index (χ4n) is 3.35. The van der Waals surface area contributed by atoms with Crippen molar-refractivity contribution in [3.05, 3.63) is 24.3 Å². The molecule has 0 aliphatic carbocycles. The Kier molecular flexibility index (Phi) is 3.34. The highest BCUT2D eigenvalue weighted by atomic mass is 32.1. The lowest BCUT2D eigenvalue weighted by Crippen LogP contribution is -2.51. The first kappa shape index (κ1) is 12.6. The molecule has 2 fully saturated rings. The second-order valence-electron chi connectivity index (χ2n) is 5.67. The molecule has 3 heterocycles. The van der Waals surface area contributed by atoms with Gasteiger partial charge in [0.25, 0.3) is 0 Å². The fraction of sp³-hybridized carbons (Fsp3) is 0.533. The average Bonchev–Trinajstić information content (AvgIpc) is 3.17. The lowest BCUT2D eigenvalue weighted by atomic mass is 10.2. The smallest absolute Gasteiger partial charge is 0.150 e. The zero-order valence-corrected chi connectivity index (χ0v) is 12.4. The SMILES string of the molecule is c1ccc2c(N3CCN([C@H]4CCNC4)CC3)nsc2c1. The van der Waals surface area contributed by atoms with Crippen LogP contribution in [0, 0.1) is 0 Å². The van der Waals surface area contributed by atoms with Crippen molar-refractivity contribution < 1.29 is 0 Å². The van der Waals surface area contributed by atoms with Gasteiger partial charge >= 0.3 is 0 Å². The summed E-state index contributed by atoms with van der Waals surface area (Å²) in [5.74, 6) is 1.19. The summed E-state index contributed by atoms with van der Waals surface area (Å²) >= 11 is 1.62. The Bertz CT molecular complexity index is 582. The Balaban J connectivity index is 1.48. The van der Waals surface area contributed by atoms with Gasteiger partial charge in [0.2, 0.25) is 0 Å². The Hall–Kier alpha value is -1.17. The maximum atomic E-state index is 4.68. The van der Waals surface area contributed by atoms with Crippen molar-refractivity contribution in [2.75, 3.05) is 44.2 Å². The van der Waals surface area contributed by atoms with E-state index in [4.69, 9.17) is 0 Å². The molecule has 1 aromatic heterocycles. The van der Waals surface area contributed by atoms with Crippen LogP contribution in [0.3, 0.4) is 0 Å². The third-order valence-electron chi connectivity index (χ3n) is 4.52. The molecule has 20 heavy (non-hydrogen) atoms. The third kappa shape index (κ3) is 2.20. The van der Waals surface area contributed by atoms with Crippen LogP contribution < -0.4 is 10.2 Å². The molecule has 2 saturated heterocycles. The molecule has 4 nitrogen and oxygen atoms in total. The van der Waals surface area contributed by atoms with E-state index in [1.165, 1.54) is 35.4 Å². The van der Waals surface area contributed by atoms with E-state index >= 15 is 0 Å². The first-order chi connectivity index (χ1) is 9.92. The van der Waals surface area contributed by atoms with E-state index in [2.05, 4.69) is 43.8 Å². The number of hydrogen-bond acceptors (Lipinski definition) is 5. The highest BCUT2D eigenvalue weighted by molar-refractivity contribution is 7.13. The topological polar surface area (TPSA) is 31.4 Å². The molecule has 0 amide bonds. The molecule has 1 atom stereocenters. The Morgan fingerprint density at radius 2 is 2.00 bits per heavy atom. The standard InChI is InChI=1S/C15H20N4S/c1-2-4-14-13(3-1)15(17-20-14)19-9-7-18(8-10-19)12-5-6-16-11-12/h1-4,12,16H,5-11H2/t12-/m0/s1. The van der Waals surface area contributed by atoms with Crippen LogP contribution in [0.1, 0.15) is 6.42 Å². The monoisotopic (exact) mass is 288 g/mol. The van der Waals surface area contributed by atoms with Gasteiger partial charge in [-0.1, -0.05) is 12.1 Å². The molecular formula is C15H20N4S. The van der Waals surface area contributed by atoms with Crippen molar-refractivity contribution >= 4 is 27.4 Å². The van der Waals surface area contributed by atoms with Gasteiger partial charge in [-0.25, -0.2) is 0 Å². The van der Waals surface area contributed by atoms with E-state index < -0.39 is 0 Å². The molecule has 0 spiro atoms. The van der Waals surface area contributed by atoms with Gasteiger partial charge in [-0.05, 0) is 36.6 Å². The number of fused-ring (bicyclic) bond motifs is 1. The molecule has 0 radical (unpaired) electrons. The van der Waals surface area contributed by atoms with Crippen molar-refractivity contribution in [3.8, 4) is 0 Å². The summed E-state index contributed by atoms with van der Waals surface area (Å²) in [4.78, 5) is 5.10. The predicted octanol–water partition coefficient (Wildman–Crippen LogP) is 1.78. The summed E-state index contributed by atoms with van der Waals surface area (Å²) in [6.45, 7) is 6.88. The molecule has 2 aliphatic heterocycles. The van der Waals surface area contributed by atoms with Crippen molar-refractivity contribution in [2.24, 2.45) is 0 Å². The van der Waals surface area contributed by atoms with Gasteiger partial charge in [0, 0.05) is 44.2 Å². The Morgan fingerprint density at radius 1 is 1.15 bits per heavy atom. The van der Waals surface area contributed by atoms with E-state index in [1.54, 1.807) is 11.5 Å². The largest absolute Gasteiger partial charge is 0.353 e. The maximum Gasteiger partial charge on any atom is 0.150 e. The predicted molar refractivity (Wildman–Crippen MR) is 84.7 cm³/mol. The van der Waals surface area contributed by atoms with Crippen molar-refractivity contribution in [1.29, 1.82) is 0 Å². The summed E-state index contributed by atoms with van der Waals surface area (Å²) in [5.41, 5.74) is 0. The van der Waals surface area contributed by atoms with E-state index in [9.17, 15) is 0 Å². The van der Waals surface area contributed by atoms with E-state index in [0.29, 0.717) is 0 Å². The molecule has 2 aromatic rings. The quantitative estimate of drug-likeness (QED) is 0.913. The molecule has 0 unspecified atom stereocenters. The molecule has 0 bridgehead atoms. The Morgan fingerprint density at radius 3 is 2.80 bits per heavy atom. The number of rotatable bonds is 2. The molecule has 5 heteroatoms. The van der Waals surface area contributed by atoms with Crippen LogP contribution in [0.15, 0.2) is 24.3 Å². The van der Waals surface area contributed by atoms with Gasteiger partial charge in [0.1, 0.15) is 5.82 Å². The minimum Gasteiger partial charge on any atom is -0.353 e. The van der Waals surface area contributed by atoms with Gasteiger partial charge in [-0.15, -0.1) is 0 Å². The number of anilines is 1. The number of aromatic nitrogens is 1. The number of benzene rings is 1. The molecular weight excluding hydrogens is 268 g/mol. The van der Waals surface area contributed by atoms with Crippen molar-refractivity contribution in [1.82, 2.24) is 14.6 Å². The molecule has 4 rings (SSSR count).